The molecule has 0 fully saturated rings. The minimum absolute atomic E-state index is 0.0156. The van der Waals surface area contributed by atoms with E-state index in [0.717, 1.165) is 16.9 Å². The quantitative estimate of drug-likeness (QED) is 0.874. The molecule has 0 unspecified atom stereocenters. The molecule has 0 saturated heterocycles. The van der Waals surface area contributed by atoms with Gasteiger partial charge in [-0.15, -0.1) is 0 Å². The molecule has 0 atom stereocenters. The van der Waals surface area contributed by atoms with Gasteiger partial charge in [0.15, 0.2) is 0 Å². The minimum Gasteiger partial charge on any atom is -0.496 e. The molecule has 94 valence electrons. The third-order valence-electron chi connectivity index (χ3n) is 2.61. The lowest BCUT2D eigenvalue weighted by Gasteiger charge is -2.23. The Morgan fingerprint density at radius 1 is 1.35 bits per heavy atom. The van der Waals surface area contributed by atoms with Crippen LogP contribution < -0.4 is 10.1 Å². The smallest absolute Gasteiger partial charge is 0.217 e. The molecule has 0 heterocycles. The molecule has 0 bridgehead atoms. The maximum absolute atomic E-state index is 10.9. The number of hydrogen-bond acceptors (Lipinski definition) is 2. The van der Waals surface area contributed by atoms with E-state index in [4.69, 9.17) is 4.74 Å². The van der Waals surface area contributed by atoms with Gasteiger partial charge in [0.05, 0.1) is 7.11 Å². The number of benzene rings is 1. The summed E-state index contributed by atoms with van der Waals surface area (Å²) in [6, 6.07) is 6.02. The van der Waals surface area contributed by atoms with Crippen molar-refractivity contribution in [2.75, 3.05) is 7.11 Å². The second-order valence-electron chi connectivity index (χ2n) is 5.19. The summed E-state index contributed by atoms with van der Waals surface area (Å²) in [5.74, 6) is 0.877. The van der Waals surface area contributed by atoms with Crippen molar-refractivity contribution in [1.29, 1.82) is 0 Å². The van der Waals surface area contributed by atoms with Crippen LogP contribution in [0.25, 0.3) is 0 Å². The normalized spacial score (nSPS) is 11.1. The van der Waals surface area contributed by atoms with Gasteiger partial charge >= 0.3 is 0 Å². The van der Waals surface area contributed by atoms with Gasteiger partial charge in [0.1, 0.15) is 5.75 Å². The van der Waals surface area contributed by atoms with Crippen molar-refractivity contribution < 1.29 is 9.53 Å². The van der Waals surface area contributed by atoms with E-state index < -0.39 is 0 Å². The Morgan fingerprint density at radius 2 is 2.00 bits per heavy atom. The predicted molar refractivity (Wildman–Crippen MR) is 69.2 cm³/mol. The number of amides is 1. The van der Waals surface area contributed by atoms with Crippen LogP contribution in [0.1, 0.15) is 38.8 Å². The fraction of sp³-hybridized carbons (Fsp3) is 0.500. The van der Waals surface area contributed by atoms with E-state index in [2.05, 4.69) is 32.2 Å². The number of carbonyl (C=O) groups excluding carboxylic acids is 1. The third-order valence-corrected chi connectivity index (χ3v) is 2.61. The van der Waals surface area contributed by atoms with E-state index in [9.17, 15) is 4.79 Å². The van der Waals surface area contributed by atoms with Crippen LogP contribution in [0.4, 0.5) is 0 Å². The highest BCUT2D eigenvalue weighted by molar-refractivity contribution is 5.72. The van der Waals surface area contributed by atoms with Gasteiger partial charge in [0.25, 0.3) is 0 Å². The fourth-order valence-corrected chi connectivity index (χ4v) is 1.68. The number of ether oxygens (including phenoxy) is 1. The van der Waals surface area contributed by atoms with Gasteiger partial charge in [0.2, 0.25) is 5.91 Å². The molecule has 0 aromatic heterocycles. The summed E-state index contributed by atoms with van der Waals surface area (Å²) in [5.41, 5.74) is 2.27. The lowest BCUT2D eigenvalue weighted by Crippen LogP contribution is -2.20. The van der Waals surface area contributed by atoms with Crippen LogP contribution >= 0.6 is 0 Å². The molecule has 1 aromatic carbocycles. The van der Waals surface area contributed by atoms with Crippen LogP contribution in [0.15, 0.2) is 18.2 Å². The molecule has 17 heavy (non-hydrogen) atoms. The molecule has 0 aliphatic carbocycles. The van der Waals surface area contributed by atoms with E-state index in [-0.39, 0.29) is 11.3 Å². The molecular weight excluding hydrogens is 214 g/mol. The van der Waals surface area contributed by atoms with Crippen molar-refractivity contribution in [3.05, 3.63) is 29.3 Å². The van der Waals surface area contributed by atoms with Gasteiger partial charge in [-0.2, -0.15) is 0 Å². The van der Waals surface area contributed by atoms with Gasteiger partial charge in [-0.1, -0.05) is 26.8 Å². The lowest BCUT2D eigenvalue weighted by molar-refractivity contribution is -0.119. The maximum Gasteiger partial charge on any atom is 0.217 e. The van der Waals surface area contributed by atoms with Gasteiger partial charge < -0.3 is 10.1 Å². The molecule has 1 amide bonds. The Bertz CT molecular complexity index is 405. The van der Waals surface area contributed by atoms with E-state index in [0.29, 0.717) is 6.54 Å². The maximum atomic E-state index is 10.9. The third kappa shape index (κ3) is 3.77. The molecule has 1 N–H and O–H groups in total. The zero-order chi connectivity index (χ0) is 13.1. The number of hydrogen-bond donors (Lipinski definition) is 1. The topological polar surface area (TPSA) is 38.3 Å². The highest BCUT2D eigenvalue weighted by atomic mass is 16.5. The molecule has 0 saturated carbocycles. The molecule has 0 aliphatic rings. The first-order valence-electron chi connectivity index (χ1n) is 5.76. The van der Waals surface area contributed by atoms with Crippen molar-refractivity contribution in [2.24, 2.45) is 0 Å². The van der Waals surface area contributed by atoms with Gasteiger partial charge in [-0.25, -0.2) is 0 Å². The molecule has 0 aliphatic heterocycles. The van der Waals surface area contributed by atoms with Crippen LogP contribution in [0.3, 0.4) is 0 Å². The Balaban J connectivity index is 3.01. The predicted octanol–water partition coefficient (Wildman–Crippen LogP) is 2.63. The Labute approximate surface area is 103 Å². The SMILES string of the molecule is COc1ccc(CNC(C)=O)cc1C(C)(C)C. The first-order valence-corrected chi connectivity index (χ1v) is 5.76. The molecule has 0 radical (unpaired) electrons. The van der Waals surface area contributed by atoms with Gasteiger partial charge in [-0.3, -0.25) is 4.79 Å². The minimum atomic E-state index is -0.0156. The molecule has 1 rings (SSSR count). The molecule has 3 nitrogen and oxygen atoms in total. The number of carbonyl (C=O) groups is 1. The lowest BCUT2D eigenvalue weighted by atomic mass is 9.85. The standard InChI is InChI=1S/C14H21NO2/c1-10(16)15-9-11-6-7-13(17-5)12(8-11)14(2,3)4/h6-8H,9H2,1-5H3,(H,15,16). The highest BCUT2D eigenvalue weighted by Crippen LogP contribution is 2.31. The summed E-state index contributed by atoms with van der Waals surface area (Å²) in [7, 11) is 1.68. The summed E-state index contributed by atoms with van der Waals surface area (Å²) >= 11 is 0. The zero-order valence-electron chi connectivity index (χ0n) is 11.3. The summed E-state index contributed by atoms with van der Waals surface area (Å²) in [6.07, 6.45) is 0. The van der Waals surface area contributed by atoms with Crippen molar-refractivity contribution in [2.45, 2.75) is 39.7 Å². The summed E-state index contributed by atoms with van der Waals surface area (Å²) in [6.45, 7) is 8.52. The Morgan fingerprint density at radius 3 is 2.47 bits per heavy atom. The monoisotopic (exact) mass is 235 g/mol. The molecule has 3 heteroatoms. The largest absolute Gasteiger partial charge is 0.496 e. The zero-order valence-corrected chi connectivity index (χ0v) is 11.3. The summed E-state index contributed by atoms with van der Waals surface area (Å²) in [5, 5.41) is 2.80. The van der Waals surface area contributed by atoms with E-state index >= 15 is 0 Å². The van der Waals surface area contributed by atoms with E-state index in [1.807, 2.05) is 12.1 Å². The molecule has 1 aromatic rings. The van der Waals surface area contributed by atoms with Crippen molar-refractivity contribution in [3.63, 3.8) is 0 Å². The van der Waals surface area contributed by atoms with Crippen LogP contribution in [0.5, 0.6) is 5.75 Å². The number of rotatable bonds is 3. The summed E-state index contributed by atoms with van der Waals surface area (Å²) in [4.78, 5) is 10.9. The van der Waals surface area contributed by atoms with Crippen LogP contribution in [-0.4, -0.2) is 13.0 Å². The average molecular weight is 235 g/mol. The Kier molecular flexibility index (Phi) is 4.16. The molecule has 0 spiro atoms. The van der Waals surface area contributed by atoms with Gasteiger partial charge in [0, 0.05) is 13.5 Å². The van der Waals surface area contributed by atoms with Crippen LogP contribution in [0.2, 0.25) is 0 Å². The second kappa shape index (κ2) is 5.21. The highest BCUT2D eigenvalue weighted by Gasteiger charge is 2.19. The first kappa shape index (κ1) is 13.6. The van der Waals surface area contributed by atoms with Crippen molar-refractivity contribution in [3.8, 4) is 5.75 Å². The number of methoxy groups -OCH3 is 1. The Hall–Kier alpha value is -1.51. The van der Waals surface area contributed by atoms with E-state index in [1.165, 1.54) is 6.92 Å². The van der Waals surface area contributed by atoms with Gasteiger partial charge in [-0.05, 0) is 28.7 Å². The average Bonchev–Trinajstić information content (AvgIpc) is 2.24. The van der Waals surface area contributed by atoms with Crippen molar-refractivity contribution >= 4 is 5.91 Å². The molecular formula is C14H21NO2. The van der Waals surface area contributed by atoms with E-state index in [1.54, 1.807) is 7.11 Å². The number of nitrogens with one attached hydrogen (secondary N) is 1. The van der Waals surface area contributed by atoms with Crippen LogP contribution in [-0.2, 0) is 16.8 Å². The van der Waals surface area contributed by atoms with Crippen LogP contribution in [0, 0.1) is 0 Å². The first-order chi connectivity index (χ1) is 7.84. The van der Waals surface area contributed by atoms with Crippen molar-refractivity contribution in [1.82, 2.24) is 5.32 Å². The fourth-order valence-electron chi connectivity index (χ4n) is 1.68. The second-order valence-corrected chi connectivity index (χ2v) is 5.19. The summed E-state index contributed by atoms with van der Waals surface area (Å²) < 4.78 is 5.37.